The Hall–Kier alpha value is 0.987. The van der Waals surface area contributed by atoms with Crippen molar-refractivity contribution in [1.29, 1.82) is 0 Å². The molecule has 0 amide bonds. The van der Waals surface area contributed by atoms with Gasteiger partial charge in [-0.05, 0) is 12.5 Å². The Balaban J connectivity index is 3.05. The zero-order valence-corrected chi connectivity index (χ0v) is 33.5. The molecule has 260 valence electrons. The number of alkyl halides is 1. The Morgan fingerprint density at radius 3 is 0.558 bits per heavy atom. The van der Waals surface area contributed by atoms with Crippen molar-refractivity contribution in [3.63, 3.8) is 0 Å². The first-order valence-electron chi connectivity index (χ1n) is 20.3. The minimum Gasteiger partial charge on any atom is -0.168 e. The van der Waals surface area contributed by atoms with Crippen LogP contribution >= 0.6 is 27.0 Å². The van der Waals surface area contributed by atoms with Crippen molar-refractivity contribution in [2.24, 2.45) is 0 Å². The zero-order valence-electron chi connectivity index (χ0n) is 30.1. The SMILES string of the molecule is C[Si](C)(Cl)CCCCCCCCCCCCCCCCCCCCCCCCCCCCCCCCCCCCCCBr. The average molecular weight is 707 g/mol. The van der Waals surface area contributed by atoms with Crippen LogP contribution in [0.1, 0.15) is 231 Å². The molecule has 0 N–H and O–H groups in total. The predicted octanol–water partition coefficient (Wildman–Crippen LogP) is 16.9. The molecule has 0 aliphatic carbocycles. The fourth-order valence-corrected chi connectivity index (χ4v) is 8.54. The van der Waals surface area contributed by atoms with E-state index in [2.05, 4.69) is 29.0 Å². The second-order valence-electron chi connectivity index (χ2n) is 14.9. The van der Waals surface area contributed by atoms with Gasteiger partial charge in [0.25, 0.3) is 0 Å². The number of halogens is 2. The van der Waals surface area contributed by atoms with Crippen molar-refractivity contribution in [1.82, 2.24) is 0 Å². The number of rotatable bonds is 38. The molecule has 0 saturated heterocycles. The van der Waals surface area contributed by atoms with Crippen LogP contribution in [0.4, 0.5) is 0 Å². The molecule has 0 aliphatic heterocycles. The van der Waals surface area contributed by atoms with Crippen LogP contribution in [0.25, 0.3) is 0 Å². The Kier molecular flexibility index (Phi) is 38.3. The second-order valence-corrected chi connectivity index (χ2v) is 22.7. The van der Waals surface area contributed by atoms with Crippen molar-refractivity contribution >= 4 is 34.4 Å². The molecule has 0 nitrogen and oxygen atoms in total. The van der Waals surface area contributed by atoms with Gasteiger partial charge >= 0.3 is 0 Å². The largest absolute Gasteiger partial charge is 0.168 e. The quantitative estimate of drug-likeness (QED) is 0.0260. The first kappa shape index (κ1) is 44.0. The van der Waals surface area contributed by atoms with Crippen molar-refractivity contribution in [2.75, 3.05) is 5.33 Å². The summed E-state index contributed by atoms with van der Waals surface area (Å²) < 4.78 is 0. The minimum atomic E-state index is -1.31. The monoisotopic (exact) mass is 705 g/mol. The molecule has 0 aromatic carbocycles. The Morgan fingerprint density at radius 2 is 0.419 bits per heavy atom. The van der Waals surface area contributed by atoms with Gasteiger partial charge in [-0.2, -0.15) is 11.1 Å². The summed E-state index contributed by atoms with van der Waals surface area (Å²) in [6, 6.07) is 1.30. The zero-order chi connectivity index (χ0) is 31.4. The van der Waals surface area contributed by atoms with E-state index in [-0.39, 0.29) is 0 Å². The second kappa shape index (κ2) is 37.4. The first-order valence-corrected chi connectivity index (χ1v) is 25.7. The van der Waals surface area contributed by atoms with E-state index in [0.717, 1.165) is 0 Å². The highest BCUT2D eigenvalue weighted by molar-refractivity contribution is 9.09. The van der Waals surface area contributed by atoms with Gasteiger partial charge < -0.3 is 0 Å². The number of hydrogen-bond acceptors (Lipinski definition) is 0. The molecule has 0 aromatic rings. The van der Waals surface area contributed by atoms with Crippen LogP contribution in [0.5, 0.6) is 0 Å². The summed E-state index contributed by atoms with van der Waals surface area (Å²) in [5.74, 6) is 0. The molecule has 0 atom stereocenters. The summed E-state index contributed by atoms with van der Waals surface area (Å²) >= 11 is 9.93. The van der Waals surface area contributed by atoms with Gasteiger partial charge in [-0.1, -0.05) is 254 Å². The van der Waals surface area contributed by atoms with E-state index in [0.29, 0.717) is 0 Å². The van der Waals surface area contributed by atoms with Crippen molar-refractivity contribution in [3.8, 4) is 0 Å². The lowest BCUT2D eigenvalue weighted by molar-refractivity contribution is 0.510. The third-order valence-electron chi connectivity index (χ3n) is 9.65. The molecule has 0 aliphatic rings. The molecule has 0 unspecified atom stereocenters. The fraction of sp³-hybridized carbons (Fsp3) is 1.00. The molecule has 0 fully saturated rings. The average Bonchev–Trinajstić information content (AvgIpc) is 2.98. The third-order valence-corrected chi connectivity index (χ3v) is 12.3. The molecular formula is C40H82BrClSi. The smallest absolute Gasteiger partial charge is 0.150 e. The van der Waals surface area contributed by atoms with Crippen molar-refractivity contribution in [3.05, 3.63) is 0 Å². The van der Waals surface area contributed by atoms with Crippen LogP contribution in [-0.4, -0.2) is 12.7 Å². The summed E-state index contributed by atoms with van der Waals surface area (Å²) in [7, 11) is -1.31. The molecule has 3 heteroatoms. The Morgan fingerprint density at radius 1 is 0.279 bits per heavy atom. The summed E-state index contributed by atoms with van der Waals surface area (Å²) in [5, 5.41) is 1.19. The van der Waals surface area contributed by atoms with Crippen LogP contribution in [0.15, 0.2) is 0 Å². The van der Waals surface area contributed by atoms with Gasteiger partial charge in [0.2, 0.25) is 0 Å². The molecule has 0 saturated carbocycles. The summed E-state index contributed by atoms with van der Waals surface area (Å²) in [5.41, 5.74) is 0. The van der Waals surface area contributed by atoms with E-state index >= 15 is 0 Å². The van der Waals surface area contributed by atoms with Gasteiger partial charge in [-0.3, -0.25) is 0 Å². The highest BCUT2D eigenvalue weighted by atomic mass is 79.9. The Bertz CT molecular complexity index is 491. The molecule has 43 heavy (non-hydrogen) atoms. The van der Waals surface area contributed by atoms with Gasteiger partial charge in [0.05, 0.1) is 0 Å². The van der Waals surface area contributed by atoms with Gasteiger partial charge in [0, 0.05) is 5.33 Å². The normalized spacial score (nSPS) is 12.0. The highest BCUT2D eigenvalue weighted by Gasteiger charge is 2.15. The molecule has 0 bridgehead atoms. The molecular weight excluding hydrogens is 624 g/mol. The first-order chi connectivity index (χ1) is 21.1. The van der Waals surface area contributed by atoms with Gasteiger partial charge in [0.15, 0.2) is 0 Å². The minimum absolute atomic E-state index is 1.19. The summed E-state index contributed by atoms with van der Waals surface area (Å²) in [6.45, 7) is 4.55. The van der Waals surface area contributed by atoms with Crippen molar-refractivity contribution < 1.29 is 0 Å². The fourth-order valence-electron chi connectivity index (χ4n) is 6.65. The molecule has 0 aromatic heterocycles. The van der Waals surface area contributed by atoms with Crippen molar-refractivity contribution in [2.45, 2.75) is 250 Å². The lowest BCUT2D eigenvalue weighted by atomic mass is 10.0. The third kappa shape index (κ3) is 43.0. The van der Waals surface area contributed by atoms with E-state index < -0.39 is 7.38 Å². The Labute approximate surface area is 288 Å². The van der Waals surface area contributed by atoms with E-state index in [4.69, 9.17) is 11.1 Å². The summed E-state index contributed by atoms with van der Waals surface area (Å²) in [6.07, 6.45) is 52.9. The van der Waals surface area contributed by atoms with Crippen LogP contribution in [0.2, 0.25) is 19.1 Å². The van der Waals surface area contributed by atoms with E-state index in [9.17, 15) is 0 Å². The maximum absolute atomic E-state index is 6.40. The van der Waals surface area contributed by atoms with E-state index in [1.165, 1.54) is 243 Å². The van der Waals surface area contributed by atoms with E-state index in [1.807, 2.05) is 0 Å². The number of hydrogen-bond donors (Lipinski definition) is 0. The standard InChI is InChI=1S/C40H82BrClSi/c1-43(2,42)40-38-36-34-32-30-28-26-24-22-20-18-16-14-12-10-8-6-4-3-5-7-9-11-13-15-17-19-21-23-25-27-29-31-33-35-37-39-41/h3-40H2,1-2H3. The summed E-state index contributed by atoms with van der Waals surface area (Å²) in [4.78, 5) is 0. The van der Waals surface area contributed by atoms with Crippen LogP contribution in [0.3, 0.4) is 0 Å². The van der Waals surface area contributed by atoms with Crippen LogP contribution in [-0.2, 0) is 0 Å². The lowest BCUT2D eigenvalue weighted by Crippen LogP contribution is -2.14. The molecule has 0 heterocycles. The lowest BCUT2D eigenvalue weighted by Gasteiger charge is -2.11. The highest BCUT2D eigenvalue weighted by Crippen LogP contribution is 2.20. The number of unbranched alkanes of at least 4 members (excludes halogenated alkanes) is 35. The van der Waals surface area contributed by atoms with E-state index in [1.54, 1.807) is 0 Å². The van der Waals surface area contributed by atoms with Gasteiger partial charge in [0.1, 0.15) is 7.38 Å². The van der Waals surface area contributed by atoms with Crippen LogP contribution in [0, 0.1) is 0 Å². The van der Waals surface area contributed by atoms with Crippen LogP contribution < -0.4 is 0 Å². The predicted molar refractivity (Wildman–Crippen MR) is 208 cm³/mol. The molecule has 0 spiro atoms. The van der Waals surface area contributed by atoms with Gasteiger partial charge in [-0.25, -0.2) is 0 Å². The molecule has 0 rings (SSSR count). The van der Waals surface area contributed by atoms with Gasteiger partial charge in [-0.15, -0.1) is 0 Å². The topological polar surface area (TPSA) is 0 Å². The maximum Gasteiger partial charge on any atom is 0.150 e. The maximum atomic E-state index is 6.40. The molecule has 0 radical (unpaired) electrons.